The highest BCUT2D eigenvalue weighted by molar-refractivity contribution is 7.22. The molecule has 3 rings (SSSR count). The quantitative estimate of drug-likeness (QED) is 0.548. The van der Waals surface area contributed by atoms with E-state index in [0.29, 0.717) is 5.56 Å². The third kappa shape index (κ3) is 4.05. The average Bonchev–Trinajstić information content (AvgIpc) is 2.96. The molecule has 8 heteroatoms. The van der Waals surface area contributed by atoms with Crippen molar-refractivity contribution in [1.82, 2.24) is 4.98 Å². The molecule has 0 bridgehead atoms. The van der Waals surface area contributed by atoms with Gasteiger partial charge in [0.2, 0.25) is 5.91 Å². The topological polar surface area (TPSA) is 94.4 Å². The van der Waals surface area contributed by atoms with Gasteiger partial charge in [0.15, 0.2) is 0 Å². The Morgan fingerprint density at radius 2 is 2.00 bits per heavy atom. The van der Waals surface area contributed by atoms with Gasteiger partial charge in [-0.3, -0.25) is 9.78 Å². The fraction of sp³-hybridized carbons (Fsp3) is 0.125. The van der Waals surface area contributed by atoms with Crippen molar-refractivity contribution in [3.63, 3.8) is 0 Å². The molecule has 24 heavy (non-hydrogen) atoms. The van der Waals surface area contributed by atoms with Crippen LogP contribution in [0.5, 0.6) is 0 Å². The van der Waals surface area contributed by atoms with E-state index in [1.54, 1.807) is 36.7 Å². The first-order chi connectivity index (χ1) is 11.6. The van der Waals surface area contributed by atoms with E-state index in [-0.39, 0.29) is 18.9 Å². The van der Waals surface area contributed by atoms with E-state index < -0.39 is 5.09 Å². The molecule has 0 saturated heterocycles. The van der Waals surface area contributed by atoms with E-state index in [9.17, 15) is 14.9 Å². The molecule has 3 aromatic rings. The molecular formula is C16H13N3O4S. The van der Waals surface area contributed by atoms with E-state index in [1.807, 2.05) is 12.1 Å². The van der Waals surface area contributed by atoms with Crippen LogP contribution in [0.3, 0.4) is 0 Å². The van der Waals surface area contributed by atoms with Gasteiger partial charge in [-0.25, -0.2) is 0 Å². The summed E-state index contributed by atoms with van der Waals surface area (Å²) in [7, 11) is 0. The lowest BCUT2D eigenvalue weighted by molar-refractivity contribution is -0.763. The molecule has 2 aromatic heterocycles. The van der Waals surface area contributed by atoms with Crippen LogP contribution in [-0.4, -0.2) is 16.0 Å². The summed E-state index contributed by atoms with van der Waals surface area (Å²) in [6.45, 7) is -0.102. The van der Waals surface area contributed by atoms with Gasteiger partial charge in [0.05, 0.1) is 16.1 Å². The first-order valence-electron chi connectivity index (χ1n) is 7.09. The highest BCUT2D eigenvalue weighted by atomic mass is 32.1. The number of hydrogen-bond donors (Lipinski definition) is 1. The molecule has 7 nitrogen and oxygen atoms in total. The third-order valence-corrected chi connectivity index (χ3v) is 4.31. The number of carbonyl (C=O) groups excluding carboxylic acids is 1. The number of carbonyl (C=O) groups is 1. The summed E-state index contributed by atoms with van der Waals surface area (Å²) in [6.07, 6.45) is 3.70. The number of rotatable bonds is 6. The number of nitrogens with one attached hydrogen (secondary N) is 1. The number of pyridine rings is 1. The van der Waals surface area contributed by atoms with Crippen LogP contribution in [0.25, 0.3) is 10.1 Å². The Labute approximate surface area is 141 Å². The number of anilines is 1. The number of aromatic nitrogens is 1. The van der Waals surface area contributed by atoms with E-state index >= 15 is 0 Å². The van der Waals surface area contributed by atoms with Gasteiger partial charge in [0.25, 0.3) is 5.09 Å². The van der Waals surface area contributed by atoms with E-state index in [0.717, 1.165) is 20.7 Å². The number of hydrogen-bond acceptors (Lipinski definition) is 6. The number of thiophene rings is 1. The van der Waals surface area contributed by atoms with E-state index in [2.05, 4.69) is 15.1 Å². The number of nitrogens with zero attached hydrogens (tertiary/aromatic N) is 2. The second-order valence-electron chi connectivity index (χ2n) is 5.06. The summed E-state index contributed by atoms with van der Waals surface area (Å²) in [4.78, 5) is 30.6. The van der Waals surface area contributed by atoms with Crippen molar-refractivity contribution in [2.45, 2.75) is 13.0 Å². The predicted octanol–water partition coefficient (Wildman–Crippen LogP) is 3.19. The summed E-state index contributed by atoms with van der Waals surface area (Å²) < 4.78 is 1.02. The van der Waals surface area contributed by atoms with Crippen LogP contribution >= 0.6 is 11.3 Å². The number of amides is 1. The van der Waals surface area contributed by atoms with Gasteiger partial charge in [-0.05, 0) is 28.6 Å². The van der Waals surface area contributed by atoms with Gasteiger partial charge in [0, 0.05) is 12.4 Å². The summed E-state index contributed by atoms with van der Waals surface area (Å²) in [5.41, 5.74) is 1.49. The minimum atomic E-state index is -0.831. The Bertz CT molecular complexity index is 843. The molecule has 0 unspecified atom stereocenters. The highest BCUT2D eigenvalue weighted by Crippen LogP contribution is 2.28. The summed E-state index contributed by atoms with van der Waals surface area (Å²) in [6, 6.07) is 10.7. The average molecular weight is 343 g/mol. The summed E-state index contributed by atoms with van der Waals surface area (Å²) >= 11 is 1.47. The van der Waals surface area contributed by atoms with E-state index in [4.69, 9.17) is 0 Å². The number of benzene rings is 1. The van der Waals surface area contributed by atoms with Crippen molar-refractivity contribution < 1.29 is 14.7 Å². The van der Waals surface area contributed by atoms with Crippen molar-refractivity contribution in [2.24, 2.45) is 0 Å². The maximum absolute atomic E-state index is 12.1. The zero-order valence-electron chi connectivity index (χ0n) is 12.5. The fourth-order valence-corrected chi connectivity index (χ4v) is 3.14. The van der Waals surface area contributed by atoms with Crippen LogP contribution in [0.15, 0.2) is 48.8 Å². The van der Waals surface area contributed by atoms with Crippen LogP contribution in [0, 0.1) is 10.1 Å². The Morgan fingerprint density at radius 3 is 2.71 bits per heavy atom. The molecule has 1 aromatic carbocycles. The minimum Gasteiger partial charge on any atom is -0.317 e. The van der Waals surface area contributed by atoms with Crippen LogP contribution in [0.2, 0.25) is 0 Å². The molecule has 1 amide bonds. The van der Waals surface area contributed by atoms with Gasteiger partial charge >= 0.3 is 0 Å². The van der Waals surface area contributed by atoms with Crippen molar-refractivity contribution in [3.8, 4) is 0 Å². The van der Waals surface area contributed by atoms with Crippen LogP contribution < -0.4 is 5.32 Å². The summed E-state index contributed by atoms with van der Waals surface area (Å²) in [5, 5.41) is 14.0. The summed E-state index contributed by atoms with van der Waals surface area (Å²) in [5.74, 6) is -0.121. The molecule has 0 radical (unpaired) electrons. The van der Waals surface area contributed by atoms with Crippen molar-refractivity contribution in [1.29, 1.82) is 0 Å². The molecule has 0 aliphatic carbocycles. The lowest BCUT2D eigenvalue weighted by atomic mass is 10.1. The lowest BCUT2D eigenvalue weighted by Gasteiger charge is -2.04. The lowest BCUT2D eigenvalue weighted by Crippen LogP contribution is -2.13. The monoisotopic (exact) mass is 343 g/mol. The molecule has 0 atom stereocenters. The maximum atomic E-state index is 12.1. The molecule has 122 valence electrons. The molecule has 1 N–H and O–H groups in total. The Balaban J connectivity index is 1.59. The van der Waals surface area contributed by atoms with Crippen LogP contribution in [-0.2, 0) is 22.7 Å². The zero-order chi connectivity index (χ0) is 16.9. The van der Waals surface area contributed by atoms with Gasteiger partial charge in [0.1, 0.15) is 6.61 Å². The smallest absolute Gasteiger partial charge is 0.294 e. The second-order valence-corrected chi connectivity index (χ2v) is 6.15. The first kappa shape index (κ1) is 15.9. The molecular weight excluding hydrogens is 330 g/mol. The Kier molecular flexibility index (Phi) is 4.66. The highest BCUT2D eigenvalue weighted by Gasteiger charge is 2.08. The molecule has 0 aliphatic rings. The Hall–Kier alpha value is -3.00. The normalized spacial score (nSPS) is 10.5. The first-order valence-corrected chi connectivity index (χ1v) is 7.90. The minimum absolute atomic E-state index is 0.102. The molecule has 2 heterocycles. The van der Waals surface area contributed by atoms with Crippen LogP contribution in [0.4, 0.5) is 5.00 Å². The van der Waals surface area contributed by atoms with Gasteiger partial charge in [-0.2, -0.15) is 0 Å². The molecule has 0 aliphatic heterocycles. The molecule has 0 fully saturated rings. The molecule has 0 spiro atoms. The zero-order valence-corrected chi connectivity index (χ0v) is 13.3. The standard InChI is InChI=1S/C16H13N3O4S/c20-15(18-16-8-13-5-6-17-9-14(13)24-16)7-11-1-3-12(4-2-11)10-23-19(21)22/h1-6,8-9H,7,10H2,(H,18,20). The molecule has 0 saturated carbocycles. The van der Waals surface area contributed by atoms with Gasteiger partial charge in [-0.1, -0.05) is 24.3 Å². The largest absolute Gasteiger partial charge is 0.317 e. The van der Waals surface area contributed by atoms with Gasteiger partial charge < -0.3 is 10.2 Å². The van der Waals surface area contributed by atoms with Gasteiger partial charge in [-0.15, -0.1) is 21.5 Å². The number of fused-ring (bicyclic) bond motifs is 1. The van der Waals surface area contributed by atoms with Crippen LogP contribution in [0.1, 0.15) is 11.1 Å². The fourth-order valence-electron chi connectivity index (χ4n) is 2.19. The Morgan fingerprint density at radius 1 is 1.25 bits per heavy atom. The SMILES string of the molecule is O=C(Cc1ccc(CO[N+](=O)[O-])cc1)Nc1cc2ccncc2s1. The van der Waals surface area contributed by atoms with Crippen molar-refractivity contribution in [2.75, 3.05) is 5.32 Å². The van der Waals surface area contributed by atoms with E-state index in [1.165, 1.54) is 11.3 Å². The third-order valence-electron chi connectivity index (χ3n) is 3.31. The maximum Gasteiger partial charge on any atom is 0.294 e. The predicted molar refractivity (Wildman–Crippen MR) is 90.2 cm³/mol. The second kappa shape index (κ2) is 7.05. The van der Waals surface area contributed by atoms with Crippen molar-refractivity contribution in [3.05, 3.63) is 70.0 Å². The van der Waals surface area contributed by atoms with Crippen molar-refractivity contribution >= 4 is 32.3 Å².